The summed E-state index contributed by atoms with van der Waals surface area (Å²) >= 11 is 1.69. The Morgan fingerprint density at radius 1 is 1.25 bits per heavy atom. The number of methoxy groups -OCH3 is 1. The first-order valence-corrected chi connectivity index (χ1v) is 7.95. The van der Waals surface area contributed by atoms with Crippen molar-refractivity contribution >= 4 is 16.5 Å². The van der Waals surface area contributed by atoms with Gasteiger partial charge in [0.25, 0.3) is 0 Å². The monoisotopic (exact) mass is 297 g/mol. The van der Waals surface area contributed by atoms with E-state index in [1.807, 2.05) is 19.0 Å². The van der Waals surface area contributed by atoms with Crippen LogP contribution in [0.1, 0.15) is 32.6 Å². The number of nitrogens with one attached hydrogen (secondary N) is 1. The van der Waals surface area contributed by atoms with Gasteiger partial charge in [0.2, 0.25) is 5.88 Å². The van der Waals surface area contributed by atoms with Crippen LogP contribution in [0.15, 0.2) is 0 Å². The van der Waals surface area contributed by atoms with Crippen LogP contribution in [0.5, 0.6) is 5.88 Å². The fourth-order valence-corrected chi connectivity index (χ4v) is 3.88. The zero-order chi connectivity index (χ0) is 15.1. The third-order valence-corrected chi connectivity index (χ3v) is 6.38. The Hall–Kier alpha value is -0.810. The van der Waals surface area contributed by atoms with Crippen LogP contribution in [0.25, 0.3) is 0 Å². The number of nitrogens with zero attached hydrogens (tertiary/aromatic N) is 2. The molecule has 0 saturated heterocycles. The molecule has 1 saturated carbocycles. The maximum absolute atomic E-state index is 5.36. The number of thiazole rings is 1. The summed E-state index contributed by atoms with van der Waals surface area (Å²) in [6.07, 6.45) is 0. The molecular weight excluding hydrogens is 270 g/mol. The third-order valence-electron chi connectivity index (χ3n) is 5.18. The molecule has 0 aromatic carbocycles. The van der Waals surface area contributed by atoms with Gasteiger partial charge in [0.1, 0.15) is 0 Å². The van der Waals surface area contributed by atoms with E-state index in [1.54, 1.807) is 18.4 Å². The number of aromatic nitrogens is 1. The average molecular weight is 297 g/mol. The third kappa shape index (κ3) is 2.53. The highest BCUT2D eigenvalue weighted by Gasteiger charge is 2.63. The SMILES string of the molecule is COc1nc(N(C)C)sc1CNCC1C(C)(C)C1(C)C. The molecule has 1 aromatic rings. The van der Waals surface area contributed by atoms with Crippen molar-refractivity contribution in [2.24, 2.45) is 16.7 Å². The van der Waals surface area contributed by atoms with Gasteiger partial charge in [0.05, 0.1) is 12.0 Å². The Balaban J connectivity index is 1.92. The highest BCUT2D eigenvalue weighted by molar-refractivity contribution is 7.15. The van der Waals surface area contributed by atoms with Gasteiger partial charge in [-0.15, -0.1) is 0 Å². The molecule has 1 fully saturated rings. The summed E-state index contributed by atoms with van der Waals surface area (Å²) in [6, 6.07) is 0. The molecule has 0 spiro atoms. The zero-order valence-electron chi connectivity index (χ0n) is 13.7. The van der Waals surface area contributed by atoms with E-state index < -0.39 is 0 Å². The molecule has 1 aliphatic rings. The van der Waals surface area contributed by atoms with Crippen molar-refractivity contribution in [2.75, 3.05) is 32.6 Å². The Labute approximate surface area is 126 Å². The standard InChI is InChI=1S/C15H27N3OS/c1-14(2)11(15(14,3)4)9-16-8-10-12(19-7)17-13(20-10)18(5)6/h11,16H,8-9H2,1-7H3. The van der Waals surface area contributed by atoms with E-state index in [9.17, 15) is 0 Å². The zero-order valence-corrected chi connectivity index (χ0v) is 14.5. The number of ether oxygens (including phenoxy) is 1. The van der Waals surface area contributed by atoms with E-state index >= 15 is 0 Å². The Morgan fingerprint density at radius 3 is 2.30 bits per heavy atom. The van der Waals surface area contributed by atoms with Gasteiger partial charge >= 0.3 is 0 Å². The summed E-state index contributed by atoms with van der Waals surface area (Å²) in [6.45, 7) is 11.3. The number of hydrogen-bond acceptors (Lipinski definition) is 5. The van der Waals surface area contributed by atoms with E-state index in [0.717, 1.165) is 30.0 Å². The molecule has 0 amide bonds. The van der Waals surface area contributed by atoms with Crippen LogP contribution in [0.3, 0.4) is 0 Å². The molecular formula is C15H27N3OS. The molecule has 5 heteroatoms. The minimum Gasteiger partial charge on any atom is -0.480 e. The van der Waals surface area contributed by atoms with Crippen molar-refractivity contribution in [3.63, 3.8) is 0 Å². The van der Waals surface area contributed by atoms with Crippen LogP contribution in [0.4, 0.5) is 5.13 Å². The van der Waals surface area contributed by atoms with Crippen molar-refractivity contribution in [1.29, 1.82) is 0 Å². The summed E-state index contributed by atoms with van der Waals surface area (Å²) < 4.78 is 5.36. The van der Waals surface area contributed by atoms with Gasteiger partial charge in [-0.25, -0.2) is 0 Å². The first-order valence-electron chi connectivity index (χ1n) is 7.13. The molecule has 1 N–H and O–H groups in total. The van der Waals surface area contributed by atoms with Gasteiger partial charge in [0.15, 0.2) is 5.13 Å². The maximum Gasteiger partial charge on any atom is 0.230 e. The normalized spacial score (nSPS) is 19.9. The van der Waals surface area contributed by atoms with E-state index in [2.05, 4.69) is 38.0 Å². The second kappa shape index (κ2) is 5.19. The second-order valence-electron chi connectivity index (χ2n) is 6.95. The topological polar surface area (TPSA) is 37.4 Å². The molecule has 4 nitrogen and oxygen atoms in total. The highest BCUT2D eigenvalue weighted by Crippen LogP contribution is 2.67. The van der Waals surface area contributed by atoms with Crippen molar-refractivity contribution < 1.29 is 4.74 Å². The summed E-state index contributed by atoms with van der Waals surface area (Å²) in [7, 11) is 5.69. The lowest BCUT2D eigenvalue weighted by atomic mass is 10.0. The van der Waals surface area contributed by atoms with E-state index in [4.69, 9.17) is 4.74 Å². The van der Waals surface area contributed by atoms with Crippen LogP contribution in [-0.2, 0) is 6.54 Å². The molecule has 0 bridgehead atoms. The quantitative estimate of drug-likeness (QED) is 0.876. The fraction of sp³-hybridized carbons (Fsp3) is 0.800. The van der Waals surface area contributed by atoms with Crippen LogP contribution in [0, 0.1) is 16.7 Å². The van der Waals surface area contributed by atoms with Gasteiger partial charge in [-0.05, 0) is 23.3 Å². The first-order chi connectivity index (χ1) is 9.21. The van der Waals surface area contributed by atoms with Crippen LogP contribution in [0.2, 0.25) is 0 Å². The summed E-state index contributed by atoms with van der Waals surface area (Å²) in [5.74, 6) is 1.49. The van der Waals surface area contributed by atoms with Crippen molar-refractivity contribution in [3.8, 4) is 5.88 Å². The smallest absolute Gasteiger partial charge is 0.230 e. The summed E-state index contributed by atoms with van der Waals surface area (Å²) in [5.41, 5.74) is 0.874. The van der Waals surface area contributed by atoms with Gasteiger partial charge in [-0.2, -0.15) is 4.98 Å². The number of anilines is 1. The molecule has 0 unspecified atom stereocenters. The molecule has 20 heavy (non-hydrogen) atoms. The largest absolute Gasteiger partial charge is 0.480 e. The lowest BCUT2D eigenvalue weighted by molar-refractivity contribution is 0.394. The maximum atomic E-state index is 5.36. The fourth-order valence-electron chi connectivity index (χ4n) is 2.96. The van der Waals surface area contributed by atoms with Crippen molar-refractivity contribution in [1.82, 2.24) is 10.3 Å². The van der Waals surface area contributed by atoms with E-state index in [-0.39, 0.29) is 0 Å². The minimum atomic E-state index is 0.437. The van der Waals surface area contributed by atoms with E-state index in [1.165, 1.54) is 4.88 Å². The Morgan fingerprint density at radius 2 is 1.85 bits per heavy atom. The molecule has 1 aliphatic carbocycles. The molecule has 1 aromatic heterocycles. The van der Waals surface area contributed by atoms with Crippen molar-refractivity contribution in [2.45, 2.75) is 34.2 Å². The second-order valence-corrected chi connectivity index (χ2v) is 8.01. The molecule has 0 aliphatic heterocycles. The van der Waals surface area contributed by atoms with Crippen LogP contribution in [-0.4, -0.2) is 32.7 Å². The van der Waals surface area contributed by atoms with Crippen LogP contribution < -0.4 is 15.0 Å². The lowest BCUT2D eigenvalue weighted by Gasteiger charge is -2.06. The van der Waals surface area contributed by atoms with Crippen molar-refractivity contribution in [3.05, 3.63) is 4.88 Å². The van der Waals surface area contributed by atoms with Gasteiger partial charge in [-0.1, -0.05) is 39.0 Å². The summed E-state index contributed by atoms with van der Waals surface area (Å²) in [4.78, 5) is 7.67. The Bertz CT molecular complexity index is 465. The van der Waals surface area contributed by atoms with Gasteiger partial charge < -0.3 is 15.0 Å². The first kappa shape index (κ1) is 15.6. The molecule has 0 radical (unpaired) electrons. The van der Waals surface area contributed by atoms with E-state index in [0.29, 0.717) is 10.8 Å². The highest BCUT2D eigenvalue weighted by atomic mass is 32.1. The molecule has 1 heterocycles. The minimum absolute atomic E-state index is 0.437. The summed E-state index contributed by atoms with van der Waals surface area (Å²) in [5, 5.41) is 4.57. The number of hydrogen-bond donors (Lipinski definition) is 1. The molecule has 0 atom stereocenters. The molecule has 114 valence electrons. The Kier molecular flexibility index (Phi) is 4.04. The van der Waals surface area contributed by atoms with Crippen LogP contribution >= 0.6 is 11.3 Å². The average Bonchev–Trinajstić information content (AvgIpc) is 2.70. The van der Waals surface area contributed by atoms with Gasteiger partial charge in [-0.3, -0.25) is 0 Å². The predicted octanol–water partition coefficient (Wildman–Crippen LogP) is 2.99. The predicted molar refractivity (Wildman–Crippen MR) is 85.8 cm³/mol. The molecule has 2 rings (SSSR count). The lowest BCUT2D eigenvalue weighted by Crippen LogP contribution is -2.18. The van der Waals surface area contributed by atoms with Gasteiger partial charge in [0, 0.05) is 20.6 Å². The number of rotatable bonds is 6.